The molecular weight excluding hydrogens is 380 g/mol. The molecule has 0 unspecified atom stereocenters. The number of ether oxygens (including phenoxy) is 1. The van der Waals surface area contributed by atoms with Crippen molar-refractivity contribution in [2.45, 2.75) is 13.0 Å². The Morgan fingerprint density at radius 2 is 2.11 bits per heavy atom. The second kappa shape index (κ2) is 7.82. The van der Waals surface area contributed by atoms with Gasteiger partial charge in [-0.25, -0.2) is 18.6 Å². The normalized spacial score (nSPS) is 19.3. The molecule has 2 heterocycles. The highest BCUT2D eigenvalue weighted by molar-refractivity contribution is 7.80. The molecule has 2 aliphatic heterocycles. The van der Waals surface area contributed by atoms with Gasteiger partial charge in [-0.3, -0.25) is 9.69 Å². The third-order valence-corrected chi connectivity index (χ3v) is 4.23. The molecule has 0 bridgehead atoms. The molecule has 27 heavy (non-hydrogen) atoms. The van der Waals surface area contributed by atoms with E-state index in [9.17, 15) is 18.4 Å². The van der Waals surface area contributed by atoms with Crippen molar-refractivity contribution in [3.63, 3.8) is 0 Å². The molecule has 0 radical (unpaired) electrons. The minimum Gasteiger partial charge on any atom is -0.442 e. The Kier molecular flexibility index (Phi) is 5.49. The first-order valence-electron chi connectivity index (χ1n) is 8.13. The van der Waals surface area contributed by atoms with Crippen LogP contribution >= 0.6 is 12.2 Å². The molecule has 3 rings (SSSR count). The van der Waals surface area contributed by atoms with Gasteiger partial charge in [-0.1, -0.05) is 12.2 Å². The van der Waals surface area contributed by atoms with Crippen LogP contribution in [-0.4, -0.2) is 61.1 Å². The summed E-state index contributed by atoms with van der Waals surface area (Å²) in [6, 6.07) is 2.14. The van der Waals surface area contributed by atoms with Crippen molar-refractivity contribution in [2.75, 3.05) is 36.0 Å². The van der Waals surface area contributed by atoms with E-state index in [1.54, 1.807) is 6.92 Å². The smallest absolute Gasteiger partial charge is 0.414 e. The summed E-state index contributed by atoms with van der Waals surface area (Å²) < 4.78 is 34.3. The predicted octanol–water partition coefficient (Wildman–Crippen LogP) is 1.45. The van der Waals surface area contributed by atoms with Gasteiger partial charge in [0, 0.05) is 18.7 Å². The van der Waals surface area contributed by atoms with Crippen LogP contribution in [0.4, 0.5) is 25.0 Å². The summed E-state index contributed by atoms with van der Waals surface area (Å²) in [6.07, 6.45) is 0.541. The highest BCUT2D eigenvalue weighted by atomic mass is 32.1. The molecule has 1 atom stereocenters. The number of nitrogens with one attached hydrogen (secondary N) is 1. The number of thiocarbonyl (C=S) groups is 1. The number of hydrogen-bond donors (Lipinski definition) is 1. The Balaban J connectivity index is 1.78. The quantitative estimate of drug-likeness (QED) is 0.599. The van der Waals surface area contributed by atoms with Crippen molar-refractivity contribution in [1.29, 1.82) is 0 Å². The monoisotopic (exact) mass is 397 g/mol. The lowest BCUT2D eigenvalue weighted by atomic mass is 10.2. The molecule has 0 spiro atoms. The van der Waals surface area contributed by atoms with Crippen LogP contribution < -0.4 is 15.1 Å². The summed E-state index contributed by atoms with van der Waals surface area (Å²) in [5.41, 5.74) is -0.237. The topological polar surface area (TPSA) is 77.5 Å². The van der Waals surface area contributed by atoms with Gasteiger partial charge in [0.05, 0.1) is 30.3 Å². The molecule has 0 aromatic heterocycles. The molecule has 1 saturated heterocycles. The first kappa shape index (κ1) is 19.0. The van der Waals surface area contributed by atoms with E-state index in [4.69, 9.17) is 17.0 Å². The van der Waals surface area contributed by atoms with Gasteiger partial charge in [0.25, 0.3) is 0 Å². The van der Waals surface area contributed by atoms with Crippen LogP contribution in [0, 0.1) is 11.6 Å². The number of benzene rings is 1. The van der Waals surface area contributed by atoms with Gasteiger partial charge in [-0.15, -0.1) is 0 Å². The van der Waals surface area contributed by atoms with Crippen LogP contribution in [0.15, 0.2) is 17.2 Å². The number of halogens is 2. The fraction of sp³-hybridized carbons (Fsp3) is 0.375. The number of hydrazone groups is 1. The zero-order valence-electron chi connectivity index (χ0n) is 14.4. The summed E-state index contributed by atoms with van der Waals surface area (Å²) >= 11 is 4.91. The maximum absolute atomic E-state index is 14.6. The maximum Gasteiger partial charge on any atom is 0.414 e. The zero-order valence-corrected chi connectivity index (χ0v) is 15.2. The Labute approximate surface area is 159 Å². The van der Waals surface area contributed by atoms with E-state index in [-0.39, 0.29) is 31.0 Å². The van der Waals surface area contributed by atoms with Crippen LogP contribution in [0.3, 0.4) is 0 Å². The van der Waals surface area contributed by atoms with E-state index < -0.39 is 23.8 Å². The highest BCUT2D eigenvalue weighted by Crippen LogP contribution is 2.31. The van der Waals surface area contributed by atoms with Crippen molar-refractivity contribution in [2.24, 2.45) is 5.10 Å². The van der Waals surface area contributed by atoms with E-state index in [2.05, 4.69) is 10.4 Å². The number of rotatable bonds is 5. The molecule has 1 N–H and O–H groups in total. The van der Waals surface area contributed by atoms with Gasteiger partial charge in [-0.2, -0.15) is 5.10 Å². The van der Waals surface area contributed by atoms with Crippen molar-refractivity contribution in [3.8, 4) is 0 Å². The van der Waals surface area contributed by atoms with Gasteiger partial charge in [-0.05, 0) is 6.92 Å². The first-order valence-corrected chi connectivity index (χ1v) is 8.54. The maximum atomic E-state index is 14.6. The lowest BCUT2D eigenvalue weighted by Crippen LogP contribution is -2.38. The molecule has 144 valence electrons. The molecule has 2 amide bonds. The summed E-state index contributed by atoms with van der Waals surface area (Å²) in [5.74, 6) is -1.69. The summed E-state index contributed by atoms with van der Waals surface area (Å²) in [4.78, 5) is 25.7. The zero-order chi connectivity index (χ0) is 19.6. The van der Waals surface area contributed by atoms with E-state index >= 15 is 0 Å². The summed E-state index contributed by atoms with van der Waals surface area (Å²) in [6.45, 7) is 2.55. The van der Waals surface area contributed by atoms with Crippen LogP contribution in [0.2, 0.25) is 0 Å². The van der Waals surface area contributed by atoms with Gasteiger partial charge in [0.2, 0.25) is 6.41 Å². The Bertz CT molecular complexity index is 783. The lowest BCUT2D eigenvalue weighted by molar-refractivity contribution is -0.118. The van der Waals surface area contributed by atoms with E-state index in [1.807, 2.05) is 0 Å². The Morgan fingerprint density at radius 1 is 1.41 bits per heavy atom. The van der Waals surface area contributed by atoms with Gasteiger partial charge < -0.3 is 15.0 Å². The second-order valence-corrected chi connectivity index (χ2v) is 6.62. The van der Waals surface area contributed by atoms with E-state index in [0.717, 1.165) is 17.1 Å². The van der Waals surface area contributed by atoms with Gasteiger partial charge >= 0.3 is 6.09 Å². The molecule has 1 aromatic rings. The molecular formula is C16H17F2N5O3S. The SMILES string of the molecule is CC(=S)NC[C@H]1CN(c2cc(F)c(N3C=NN(C=O)CC3)c(F)c2)C(=O)O1. The molecule has 1 aromatic carbocycles. The number of anilines is 2. The fourth-order valence-electron chi connectivity index (χ4n) is 2.78. The number of hydrogen-bond acceptors (Lipinski definition) is 6. The van der Waals surface area contributed by atoms with E-state index in [0.29, 0.717) is 17.9 Å². The van der Waals surface area contributed by atoms with Crippen LogP contribution in [-0.2, 0) is 9.53 Å². The largest absolute Gasteiger partial charge is 0.442 e. The van der Waals surface area contributed by atoms with Gasteiger partial charge in [0.1, 0.15) is 18.1 Å². The number of nitrogens with zero attached hydrogens (tertiary/aromatic N) is 4. The van der Waals surface area contributed by atoms with Crippen molar-refractivity contribution in [1.82, 2.24) is 10.3 Å². The number of carbonyl (C=O) groups is 2. The Morgan fingerprint density at radius 3 is 2.67 bits per heavy atom. The molecule has 0 aliphatic carbocycles. The minimum atomic E-state index is -0.847. The van der Waals surface area contributed by atoms with Crippen LogP contribution in [0.25, 0.3) is 0 Å². The Hall–Kier alpha value is -2.82. The van der Waals surface area contributed by atoms with Crippen molar-refractivity contribution >= 4 is 47.4 Å². The standard InChI is InChI=1S/C16H17F2N5O3S/c1-10(27)19-6-12-7-23(16(25)26-12)11-4-13(17)15(14(18)5-11)21-2-3-22(9-24)20-8-21/h4-5,8-9,12H,2-3,6-7H2,1H3,(H,19,27)/t12-/m0/s1. The summed E-state index contributed by atoms with van der Waals surface area (Å²) in [7, 11) is 0. The first-order chi connectivity index (χ1) is 12.9. The van der Waals surface area contributed by atoms with E-state index in [1.165, 1.54) is 16.1 Å². The van der Waals surface area contributed by atoms with Crippen molar-refractivity contribution in [3.05, 3.63) is 23.8 Å². The van der Waals surface area contributed by atoms with Crippen molar-refractivity contribution < 1.29 is 23.1 Å². The third-order valence-electron chi connectivity index (χ3n) is 4.08. The fourth-order valence-corrected chi connectivity index (χ4v) is 2.87. The minimum absolute atomic E-state index is 0.0591. The number of carbonyl (C=O) groups excluding carboxylic acids is 2. The average molecular weight is 397 g/mol. The molecule has 11 heteroatoms. The van der Waals surface area contributed by atoms with Crippen LogP contribution in [0.5, 0.6) is 0 Å². The molecule has 8 nitrogen and oxygen atoms in total. The van der Waals surface area contributed by atoms with Crippen LogP contribution in [0.1, 0.15) is 6.92 Å². The number of cyclic esters (lactones) is 1. The highest BCUT2D eigenvalue weighted by Gasteiger charge is 2.33. The second-order valence-electron chi connectivity index (χ2n) is 6.00. The molecule has 0 saturated carbocycles. The van der Waals surface area contributed by atoms with Gasteiger partial charge in [0.15, 0.2) is 11.6 Å². The molecule has 2 aliphatic rings. The average Bonchev–Trinajstić information content (AvgIpc) is 3.00. The number of amides is 2. The molecule has 1 fully saturated rings. The predicted molar refractivity (Wildman–Crippen MR) is 98.9 cm³/mol. The summed E-state index contributed by atoms with van der Waals surface area (Å²) in [5, 5.41) is 7.79. The third kappa shape index (κ3) is 4.13. The lowest BCUT2D eigenvalue weighted by Gasteiger charge is -2.27.